The fourth-order valence-electron chi connectivity index (χ4n) is 2.79. The average molecular weight is 426 g/mol. The van der Waals surface area contributed by atoms with Crippen LogP contribution in [0, 0.1) is 6.92 Å². The molecule has 3 aromatic carbocycles. The SMILES string of the molecule is COc1ccc(N(C)S(=O)(=O)c2cccc(C(=O)OCc3ccc(C)cc3)c2)cc1. The zero-order valence-electron chi connectivity index (χ0n) is 17.0. The van der Waals surface area contributed by atoms with Crippen molar-refractivity contribution < 1.29 is 22.7 Å². The maximum Gasteiger partial charge on any atom is 0.338 e. The van der Waals surface area contributed by atoms with Crippen molar-refractivity contribution in [2.24, 2.45) is 0 Å². The second kappa shape index (κ2) is 9.00. The predicted octanol–water partition coefficient (Wildman–Crippen LogP) is 4.19. The van der Waals surface area contributed by atoms with E-state index in [2.05, 4.69) is 0 Å². The third-order valence-corrected chi connectivity index (χ3v) is 6.44. The highest BCUT2D eigenvalue weighted by Gasteiger charge is 2.23. The number of nitrogens with zero attached hydrogens (tertiary/aromatic N) is 1. The molecule has 0 unspecified atom stereocenters. The standard InChI is InChI=1S/C23H23NO5S/c1-17-7-9-18(10-8-17)16-29-23(25)19-5-4-6-22(15-19)30(26,27)24(2)20-11-13-21(28-3)14-12-20/h4-15H,16H2,1-3H3. The summed E-state index contributed by atoms with van der Waals surface area (Å²) in [6.07, 6.45) is 0. The van der Waals surface area contributed by atoms with Gasteiger partial charge in [0.05, 0.1) is 23.3 Å². The molecular formula is C23H23NO5S. The third kappa shape index (κ3) is 4.80. The van der Waals surface area contributed by atoms with Gasteiger partial charge in [-0.2, -0.15) is 0 Å². The number of carbonyl (C=O) groups is 1. The van der Waals surface area contributed by atoms with Crippen LogP contribution in [0.15, 0.2) is 77.7 Å². The summed E-state index contributed by atoms with van der Waals surface area (Å²) in [5.74, 6) is 0.0441. The number of sulfonamides is 1. The van der Waals surface area contributed by atoms with E-state index in [9.17, 15) is 13.2 Å². The van der Waals surface area contributed by atoms with Gasteiger partial charge in [-0.15, -0.1) is 0 Å². The Labute approximate surface area is 176 Å². The summed E-state index contributed by atoms with van der Waals surface area (Å²) in [6.45, 7) is 2.09. The fourth-order valence-corrected chi connectivity index (χ4v) is 4.03. The second-order valence-corrected chi connectivity index (χ2v) is 8.73. The first kappa shape index (κ1) is 21.4. The number of esters is 1. The molecule has 0 bridgehead atoms. The molecule has 0 heterocycles. The van der Waals surface area contributed by atoms with Gasteiger partial charge in [0.2, 0.25) is 0 Å². The summed E-state index contributed by atoms with van der Waals surface area (Å²) in [7, 11) is -0.856. The number of carbonyl (C=O) groups excluding carboxylic acids is 1. The van der Waals surface area contributed by atoms with E-state index in [1.165, 1.54) is 31.3 Å². The summed E-state index contributed by atoms with van der Waals surface area (Å²) in [4.78, 5) is 12.4. The molecule has 0 aliphatic heterocycles. The molecule has 0 N–H and O–H groups in total. The van der Waals surface area contributed by atoms with E-state index in [1.807, 2.05) is 31.2 Å². The molecule has 0 fully saturated rings. The van der Waals surface area contributed by atoms with E-state index in [-0.39, 0.29) is 17.1 Å². The molecule has 156 valence electrons. The van der Waals surface area contributed by atoms with E-state index in [1.54, 1.807) is 31.4 Å². The van der Waals surface area contributed by atoms with E-state index in [0.717, 1.165) is 15.4 Å². The first-order chi connectivity index (χ1) is 14.3. The lowest BCUT2D eigenvalue weighted by atomic mass is 10.2. The highest BCUT2D eigenvalue weighted by atomic mass is 32.2. The Morgan fingerprint density at radius 2 is 1.63 bits per heavy atom. The van der Waals surface area contributed by atoms with Crippen LogP contribution >= 0.6 is 0 Å². The van der Waals surface area contributed by atoms with Gasteiger partial charge in [-0.25, -0.2) is 13.2 Å². The van der Waals surface area contributed by atoms with Gasteiger partial charge in [0.25, 0.3) is 10.0 Å². The lowest BCUT2D eigenvalue weighted by Gasteiger charge is -2.20. The summed E-state index contributed by atoms with van der Waals surface area (Å²) in [5.41, 5.74) is 2.62. The average Bonchev–Trinajstić information content (AvgIpc) is 2.78. The van der Waals surface area contributed by atoms with Gasteiger partial charge in [-0.3, -0.25) is 4.31 Å². The molecule has 0 aliphatic carbocycles. The van der Waals surface area contributed by atoms with Crippen molar-refractivity contribution in [3.63, 3.8) is 0 Å². The molecule has 0 aromatic heterocycles. The van der Waals surface area contributed by atoms with Crippen LogP contribution in [-0.2, 0) is 21.4 Å². The Balaban J connectivity index is 1.77. The molecule has 0 spiro atoms. The number of anilines is 1. The van der Waals surface area contributed by atoms with Crippen LogP contribution in [0.1, 0.15) is 21.5 Å². The normalized spacial score (nSPS) is 11.0. The molecule has 0 amide bonds. The number of aryl methyl sites for hydroxylation is 1. The van der Waals surface area contributed by atoms with Crippen LogP contribution in [-0.4, -0.2) is 28.5 Å². The zero-order chi connectivity index (χ0) is 21.7. The van der Waals surface area contributed by atoms with Crippen molar-refractivity contribution in [1.29, 1.82) is 0 Å². The van der Waals surface area contributed by atoms with Crippen LogP contribution < -0.4 is 9.04 Å². The maximum absolute atomic E-state index is 13.0. The minimum absolute atomic E-state index is 0.00519. The van der Waals surface area contributed by atoms with Crippen LogP contribution in [0.4, 0.5) is 5.69 Å². The topological polar surface area (TPSA) is 72.9 Å². The Hall–Kier alpha value is -3.32. The van der Waals surface area contributed by atoms with Gasteiger partial charge in [0, 0.05) is 7.05 Å². The quantitative estimate of drug-likeness (QED) is 0.531. The summed E-state index contributed by atoms with van der Waals surface area (Å²) in [5, 5.41) is 0. The molecule has 6 nitrogen and oxygen atoms in total. The minimum atomic E-state index is -3.85. The molecule has 0 radical (unpaired) electrons. The number of ether oxygens (including phenoxy) is 2. The minimum Gasteiger partial charge on any atom is -0.497 e. The molecule has 30 heavy (non-hydrogen) atoms. The molecule has 0 saturated carbocycles. The number of methoxy groups -OCH3 is 1. The van der Waals surface area contributed by atoms with Gasteiger partial charge in [0.1, 0.15) is 12.4 Å². The monoisotopic (exact) mass is 425 g/mol. The van der Waals surface area contributed by atoms with Crippen LogP contribution in [0.3, 0.4) is 0 Å². The zero-order valence-corrected chi connectivity index (χ0v) is 17.8. The highest BCUT2D eigenvalue weighted by molar-refractivity contribution is 7.92. The molecule has 3 aromatic rings. The summed E-state index contributed by atoms with van der Waals surface area (Å²) in [6, 6.07) is 20.1. The number of hydrogen-bond donors (Lipinski definition) is 0. The van der Waals surface area contributed by atoms with E-state index in [4.69, 9.17) is 9.47 Å². The Morgan fingerprint density at radius 3 is 2.27 bits per heavy atom. The van der Waals surface area contributed by atoms with Crippen molar-refractivity contribution in [1.82, 2.24) is 0 Å². The predicted molar refractivity (Wildman–Crippen MR) is 115 cm³/mol. The highest BCUT2D eigenvalue weighted by Crippen LogP contribution is 2.25. The van der Waals surface area contributed by atoms with Gasteiger partial charge in [0.15, 0.2) is 0 Å². The van der Waals surface area contributed by atoms with Crippen LogP contribution in [0.2, 0.25) is 0 Å². The largest absolute Gasteiger partial charge is 0.497 e. The molecule has 7 heteroatoms. The van der Waals surface area contributed by atoms with Crippen molar-refractivity contribution >= 4 is 21.7 Å². The van der Waals surface area contributed by atoms with Crippen molar-refractivity contribution in [2.75, 3.05) is 18.5 Å². The number of rotatable bonds is 7. The molecule has 0 aliphatic rings. The van der Waals surface area contributed by atoms with Crippen molar-refractivity contribution in [3.8, 4) is 5.75 Å². The number of benzene rings is 3. The Bertz CT molecular complexity index is 1120. The van der Waals surface area contributed by atoms with Gasteiger partial charge in [-0.1, -0.05) is 35.9 Å². The lowest BCUT2D eigenvalue weighted by Crippen LogP contribution is -2.26. The molecule has 0 saturated heterocycles. The van der Waals surface area contributed by atoms with E-state index < -0.39 is 16.0 Å². The summed E-state index contributed by atoms with van der Waals surface area (Å²) < 4.78 is 37.6. The number of hydrogen-bond acceptors (Lipinski definition) is 5. The smallest absolute Gasteiger partial charge is 0.338 e. The van der Waals surface area contributed by atoms with Gasteiger partial charge >= 0.3 is 5.97 Å². The third-order valence-electron chi connectivity index (χ3n) is 4.65. The second-order valence-electron chi connectivity index (χ2n) is 6.76. The van der Waals surface area contributed by atoms with Gasteiger partial charge in [-0.05, 0) is 55.0 Å². The first-order valence-electron chi connectivity index (χ1n) is 9.27. The Morgan fingerprint density at radius 1 is 0.967 bits per heavy atom. The molecule has 3 rings (SSSR count). The van der Waals surface area contributed by atoms with Crippen LogP contribution in [0.25, 0.3) is 0 Å². The summed E-state index contributed by atoms with van der Waals surface area (Å²) >= 11 is 0. The van der Waals surface area contributed by atoms with Crippen molar-refractivity contribution in [3.05, 3.63) is 89.5 Å². The van der Waals surface area contributed by atoms with Gasteiger partial charge < -0.3 is 9.47 Å². The molecular weight excluding hydrogens is 402 g/mol. The molecule has 0 atom stereocenters. The maximum atomic E-state index is 13.0. The Kier molecular flexibility index (Phi) is 6.42. The van der Waals surface area contributed by atoms with Crippen LogP contribution in [0.5, 0.6) is 5.75 Å². The fraction of sp³-hybridized carbons (Fsp3) is 0.174. The van der Waals surface area contributed by atoms with Crippen molar-refractivity contribution in [2.45, 2.75) is 18.4 Å². The first-order valence-corrected chi connectivity index (χ1v) is 10.7. The van der Waals surface area contributed by atoms with E-state index >= 15 is 0 Å². The lowest BCUT2D eigenvalue weighted by molar-refractivity contribution is 0.0472. The van der Waals surface area contributed by atoms with E-state index in [0.29, 0.717) is 11.4 Å².